The van der Waals surface area contributed by atoms with Crippen LogP contribution in [0.3, 0.4) is 0 Å². The zero-order chi connectivity index (χ0) is 16.6. The molecule has 2 aromatic rings. The zero-order valence-corrected chi connectivity index (χ0v) is 12.9. The molecule has 1 aliphatic rings. The minimum absolute atomic E-state index is 0.113. The van der Waals surface area contributed by atoms with Crippen LogP contribution in [0.15, 0.2) is 30.5 Å². The summed E-state index contributed by atoms with van der Waals surface area (Å²) in [6, 6.07) is 7.72. The second-order valence-electron chi connectivity index (χ2n) is 6.18. The van der Waals surface area contributed by atoms with E-state index in [0.29, 0.717) is 13.0 Å². The molecule has 2 heterocycles. The standard InChI is InChI=1S/C17H19F3N2O/c1-21-10-12(14-6-2-3-7-15(14)21)9-16(23)22-8-4-5-13(11-22)17(18,19)20/h2-3,6-7,10,13H,4-5,8-9,11H2,1H3. The summed E-state index contributed by atoms with van der Waals surface area (Å²) >= 11 is 0. The number of benzene rings is 1. The van der Waals surface area contributed by atoms with E-state index >= 15 is 0 Å². The fourth-order valence-corrected chi connectivity index (χ4v) is 3.31. The summed E-state index contributed by atoms with van der Waals surface area (Å²) in [5.41, 5.74) is 1.88. The summed E-state index contributed by atoms with van der Waals surface area (Å²) in [5.74, 6) is -1.62. The number of likely N-dealkylation sites (tertiary alicyclic amines) is 1. The van der Waals surface area contributed by atoms with Crippen LogP contribution in [-0.2, 0) is 18.3 Å². The quantitative estimate of drug-likeness (QED) is 0.830. The Morgan fingerprint density at radius 3 is 2.78 bits per heavy atom. The fraction of sp³-hybridized carbons (Fsp3) is 0.471. The Hall–Kier alpha value is -1.98. The number of amides is 1. The minimum Gasteiger partial charge on any atom is -0.350 e. The van der Waals surface area contributed by atoms with Crippen LogP contribution in [-0.4, -0.2) is 34.6 Å². The third-order valence-corrected chi connectivity index (χ3v) is 4.56. The molecule has 0 spiro atoms. The summed E-state index contributed by atoms with van der Waals surface area (Å²) in [5, 5.41) is 0.979. The molecular formula is C17H19F3N2O. The van der Waals surface area contributed by atoms with Crippen LogP contribution in [0.25, 0.3) is 10.9 Å². The maximum absolute atomic E-state index is 12.9. The highest BCUT2D eigenvalue weighted by Crippen LogP contribution is 2.33. The van der Waals surface area contributed by atoms with Crippen LogP contribution < -0.4 is 0 Å². The average molecular weight is 324 g/mol. The Labute approximate surface area is 132 Å². The highest BCUT2D eigenvalue weighted by molar-refractivity contribution is 5.89. The van der Waals surface area contributed by atoms with Crippen LogP contribution >= 0.6 is 0 Å². The number of hydrogen-bond donors (Lipinski definition) is 0. The second kappa shape index (κ2) is 5.91. The van der Waals surface area contributed by atoms with Gasteiger partial charge in [0.25, 0.3) is 0 Å². The molecule has 1 fully saturated rings. The van der Waals surface area contributed by atoms with Gasteiger partial charge in [-0.25, -0.2) is 0 Å². The Bertz CT molecular complexity index is 720. The third kappa shape index (κ3) is 3.21. The van der Waals surface area contributed by atoms with Gasteiger partial charge in [0.1, 0.15) is 0 Å². The first-order chi connectivity index (χ1) is 10.9. The lowest BCUT2D eigenvalue weighted by Gasteiger charge is -2.33. The number of halogens is 3. The number of alkyl halides is 3. The molecular weight excluding hydrogens is 305 g/mol. The van der Waals surface area contributed by atoms with E-state index in [2.05, 4.69) is 0 Å². The molecule has 1 aromatic carbocycles. The number of aromatic nitrogens is 1. The van der Waals surface area contributed by atoms with Crippen molar-refractivity contribution in [1.82, 2.24) is 9.47 Å². The normalized spacial score (nSPS) is 19.3. The van der Waals surface area contributed by atoms with Gasteiger partial charge in [-0.05, 0) is 24.5 Å². The molecule has 0 aliphatic carbocycles. The first-order valence-electron chi connectivity index (χ1n) is 7.73. The van der Waals surface area contributed by atoms with Crippen LogP contribution in [0.1, 0.15) is 18.4 Å². The largest absolute Gasteiger partial charge is 0.393 e. The molecule has 3 nitrogen and oxygen atoms in total. The predicted octanol–water partition coefficient (Wildman–Crippen LogP) is 3.52. The monoisotopic (exact) mass is 324 g/mol. The maximum Gasteiger partial charge on any atom is 0.393 e. The summed E-state index contributed by atoms with van der Waals surface area (Å²) in [6.45, 7) is 0.198. The first-order valence-corrected chi connectivity index (χ1v) is 7.73. The number of carbonyl (C=O) groups excluding carboxylic acids is 1. The molecule has 1 saturated heterocycles. The number of piperidine rings is 1. The minimum atomic E-state index is -4.22. The molecule has 0 radical (unpaired) electrons. The lowest BCUT2D eigenvalue weighted by atomic mass is 9.97. The van der Waals surface area contributed by atoms with E-state index in [1.807, 2.05) is 42.1 Å². The Morgan fingerprint density at radius 2 is 2.04 bits per heavy atom. The van der Waals surface area contributed by atoms with Gasteiger partial charge in [0.2, 0.25) is 5.91 Å². The summed E-state index contributed by atoms with van der Waals surface area (Å²) < 4.78 is 40.6. The van der Waals surface area contributed by atoms with E-state index in [1.165, 1.54) is 4.90 Å². The average Bonchev–Trinajstić information content (AvgIpc) is 2.83. The SMILES string of the molecule is Cn1cc(CC(=O)N2CCCC(C(F)(F)F)C2)c2ccccc21. The van der Waals surface area contributed by atoms with Crippen molar-refractivity contribution in [3.05, 3.63) is 36.0 Å². The lowest BCUT2D eigenvalue weighted by Crippen LogP contribution is -2.45. The number of para-hydroxylation sites is 1. The van der Waals surface area contributed by atoms with Gasteiger partial charge in [0.15, 0.2) is 0 Å². The molecule has 1 atom stereocenters. The van der Waals surface area contributed by atoms with Crippen molar-refractivity contribution in [2.24, 2.45) is 13.0 Å². The molecule has 23 heavy (non-hydrogen) atoms. The first kappa shape index (κ1) is 15.9. The topological polar surface area (TPSA) is 25.2 Å². The number of aryl methyl sites for hydroxylation is 1. The van der Waals surface area contributed by atoms with Gasteiger partial charge in [-0.15, -0.1) is 0 Å². The molecule has 1 aromatic heterocycles. The van der Waals surface area contributed by atoms with Crippen molar-refractivity contribution in [3.63, 3.8) is 0 Å². The second-order valence-corrected chi connectivity index (χ2v) is 6.18. The molecule has 1 unspecified atom stereocenters. The summed E-state index contributed by atoms with van der Waals surface area (Å²) in [4.78, 5) is 13.8. The van der Waals surface area contributed by atoms with Crippen molar-refractivity contribution in [1.29, 1.82) is 0 Å². The summed E-state index contributed by atoms with van der Waals surface area (Å²) in [7, 11) is 1.90. The Kier molecular flexibility index (Phi) is 4.08. The molecule has 0 bridgehead atoms. The molecule has 0 saturated carbocycles. The van der Waals surface area contributed by atoms with E-state index in [9.17, 15) is 18.0 Å². The molecule has 1 aliphatic heterocycles. The van der Waals surface area contributed by atoms with Crippen LogP contribution in [0.2, 0.25) is 0 Å². The predicted molar refractivity (Wildman–Crippen MR) is 82.0 cm³/mol. The van der Waals surface area contributed by atoms with E-state index in [1.54, 1.807) is 0 Å². The van der Waals surface area contributed by atoms with E-state index in [-0.39, 0.29) is 25.3 Å². The number of nitrogens with zero attached hydrogens (tertiary/aromatic N) is 2. The molecule has 3 rings (SSSR count). The van der Waals surface area contributed by atoms with E-state index in [4.69, 9.17) is 0 Å². The van der Waals surface area contributed by atoms with E-state index in [0.717, 1.165) is 16.5 Å². The highest BCUT2D eigenvalue weighted by Gasteiger charge is 2.42. The fourth-order valence-electron chi connectivity index (χ4n) is 3.31. The van der Waals surface area contributed by atoms with Gasteiger partial charge in [-0.2, -0.15) is 13.2 Å². The Balaban J connectivity index is 1.76. The molecule has 0 N–H and O–H groups in total. The number of rotatable bonds is 2. The van der Waals surface area contributed by atoms with Gasteiger partial charge in [0, 0.05) is 37.2 Å². The van der Waals surface area contributed by atoms with Crippen LogP contribution in [0, 0.1) is 5.92 Å². The van der Waals surface area contributed by atoms with Crippen molar-refractivity contribution >= 4 is 16.8 Å². The molecule has 6 heteroatoms. The van der Waals surface area contributed by atoms with E-state index < -0.39 is 12.1 Å². The summed E-state index contributed by atoms with van der Waals surface area (Å²) in [6.07, 6.45) is -1.68. The molecule has 124 valence electrons. The smallest absolute Gasteiger partial charge is 0.350 e. The van der Waals surface area contributed by atoms with Crippen LogP contribution in [0.4, 0.5) is 13.2 Å². The zero-order valence-electron chi connectivity index (χ0n) is 12.9. The van der Waals surface area contributed by atoms with Crippen molar-refractivity contribution in [3.8, 4) is 0 Å². The van der Waals surface area contributed by atoms with Gasteiger partial charge in [0.05, 0.1) is 12.3 Å². The highest BCUT2D eigenvalue weighted by atomic mass is 19.4. The molecule has 1 amide bonds. The van der Waals surface area contributed by atoms with Crippen LogP contribution in [0.5, 0.6) is 0 Å². The Morgan fingerprint density at radius 1 is 1.30 bits per heavy atom. The number of carbonyl (C=O) groups is 1. The van der Waals surface area contributed by atoms with Crippen molar-refractivity contribution < 1.29 is 18.0 Å². The van der Waals surface area contributed by atoms with Gasteiger partial charge in [-0.1, -0.05) is 18.2 Å². The maximum atomic E-state index is 12.9. The van der Waals surface area contributed by atoms with Crippen molar-refractivity contribution in [2.75, 3.05) is 13.1 Å². The third-order valence-electron chi connectivity index (χ3n) is 4.56. The van der Waals surface area contributed by atoms with Gasteiger partial charge < -0.3 is 9.47 Å². The van der Waals surface area contributed by atoms with Gasteiger partial charge in [-0.3, -0.25) is 4.79 Å². The number of hydrogen-bond acceptors (Lipinski definition) is 1. The van der Waals surface area contributed by atoms with Gasteiger partial charge >= 0.3 is 6.18 Å². The number of fused-ring (bicyclic) bond motifs is 1. The van der Waals surface area contributed by atoms with Crippen molar-refractivity contribution in [2.45, 2.75) is 25.4 Å². The lowest BCUT2D eigenvalue weighted by molar-refractivity contribution is -0.187.